The summed E-state index contributed by atoms with van der Waals surface area (Å²) in [5.74, 6) is 1.30. The molecule has 0 atom stereocenters. The molecule has 4 N–H and O–H groups in total. The lowest BCUT2D eigenvalue weighted by molar-refractivity contribution is 0.319. The van der Waals surface area contributed by atoms with Gasteiger partial charge in [-0.15, -0.1) is 0 Å². The summed E-state index contributed by atoms with van der Waals surface area (Å²) in [5.41, 5.74) is 14.5. The molecule has 0 aliphatic rings. The van der Waals surface area contributed by atoms with Gasteiger partial charge >= 0.3 is 0 Å². The molecule has 156 valence electrons. The number of aryl methyl sites for hydroxylation is 2. The fourth-order valence-corrected chi connectivity index (χ4v) is 4.13. The molecule has 0 amide bonds. The number of nitrogen functional groups attached to an aromatic ring is 1. The average Bonchev–Trinajstić information content (AvgIpc) is 3.31. The van der Waals surface area contributed by atoms with E-state index in [1.165, 1.54) is 22.1 Å². The summed E-state index contributed by atoms with van der Waals surface area (Å²) in [6, 6.07) is 19.4. The van der Waals surface area contributed by atoms with Crippen LogP contribution in [0.2, 0.25) is 0 Å². The van der Waals surface area contributed by atoms with Crippen molar-refractivity contribution in [1.29, 1.82) is 0 Å². The first-order chi connectivity index (χ1) is 14.9. The molecule has 0 aliphatic carbocycles. The first-order valence-electron chi connectivity index (χ1n) is 10.4. The molecule has 0 saturated carbocycles. The Morgan fingerprint density at radius 1 is 0.871 bits per heavy atom. The number of pyridine rings is 1. The number of aromatic amines is 2. The molecule has 0 aliphatic heterocycles. The summed E-state index contributed by atoms with van der Waals surface area (Å²) in [6.45, 7) is 5.84. The predicted octanol–water partition coefficient (Wildman–Crippen LogP) is 4.94. The van der Waals surface area contributed by atoms with Crippen LogP contribution in [-0.4, -0.2) is 31.9 Å². The third-order valence-electron chi connectivity index (χ3n) is 5.59. The molecule has 0 unspecified atom stereocenters. The van der Waals surface area contributed by atoms with Gasteiger partial charge in [0.25, 0.3) is 0 Å². The van der Waals surface area contributed by atoms with Gasteiger partial charge < -0.3 is 15.7 Å². The molecular formula is C25H26N6. The highest BCUT2D eigenvalue weighted by atomic mass is 15.1. The van der Waals surface area contributed by atoms with Gasteiger partial charge in [0.2, 0.25) is 0 Å². The second-order valence-electron chi connectivity index (χ2n) is 8.38. The van der Waals surface area contributed by atoms with Gasteiger partial charge in [0.15, 0.2) is 5.65 Å². The van der Waals surface area contributed by atoms with Crippen molar-refractivity contribution in [2.45, 2.75) is 26.9 Å². The molecular weight excluding hydrogens is 384 g/mol. The van der Waals surface area contributed by atoms with Crippen LogP contribution in [0.3, 0.4) is 0 Å². The summed E-state index contributed by atoms with van der Waals surface area (Å²) in [4.78, 5) is 18.0. The number of imidazole rings is 1. The van der Waals surface area contributed by atoms with Gasteiger partial charge in [0.05, 0.1) is 0 Å². The minimum Gasteiger partial charge on any atom is -0.384 e. The van der Waals surface area contributed by atoms with Crippen molar-refractivity contribution in [3.8, 4) is 11.3 Å². The quantitative estimate of drug-likeness (QED) is 0.383. The molecule has 2 aromatic carbocycles. The van der Waals surface area contributed by atoms with Gasteiger partial charge in [-0.2, -0.15) is 0 Å². The summed E-state index contributed by atoms with van der Waals surface area (Å²) >= 11 is 0. The van der Waals surface area contributed by atoms with E-state index in [1.807, 2.05) is 13.0 Å². The van der Waals surface area contributed by atoms with Crippen LogP contribution < -0.4 is 5.73 Å². The van der Waals surface area contributed by atoms with E-state index in [0.29, 0.717) is 11.5 Å². The maximum atomic E-state index is 6.04. The Morgan fingerprint density at radius 3 is 2.42 bits per heavy atom. The van der Waals surface area contributed by atoms with Crippen molar-refractivity contribution in [3.05, 3.63) is 77.1 Å². The minimum absolute atomic E-state index is 0.475. The standard InChI is InChI=1S/C25H26N6/c1-15-4-6-17(7-5-15)13-31(3)14-18-8-9-21-19(10-18)11-22(29-21)20-12-23(26)30-25-24(20)27-16(2)28-25/h4-12,29H,13-14H2,1-3H3,(H3,26,27,28,30). The number of nitrogens with zero attached hydrogens (tertiary/aromatic N) is 3. The van der Waals surface area contributed by atoms with Gasteiger partial charge in [-0.1, -0.05) is 35.9 Å². The van der Waals surface area contributed by atoms with E-state index >= 15 is 0 Å². The molecule has 0 bridgehead atoms. The number of fused-ring (bicyclic) bond motifs is 2. The van der Waals surface area contributed by atoms with E-state index in [4.69, 9.17) is 5.73 Å². The molecule has 0 radical (unpaired) electrons. The Morgan fingerprint density at radius 2 is 1.61 bits per heavy atom. The van der Waals surface area contributed by atoms with Crippen LogP contribution in [0, 0.1) is 13.8 Å². The smallest absolute Gasteiger partial charge is 0.160 e. The van der Waals surface area contributed by atoms with E-state index in [9.17, 15) is 0 Å². The predicted molar refractivity (Wildman–Crippen MR) is 127 cm³/mol. The van der Waals surface area contributed by atoms with Crippen molar-refractivity contribution < 1.29 is 0 Å². The molecule has 0 fully saturated rings. The zero-order valence-corrected chi connectivity index (χ0v) is 18.0. The van der Waals surface area contributed by atoms with Crippen LogP contribution in [0.1, 0.15) is 22.5 Å². The number of nitrogens with two attached hydrogens (primary N) is 1. The first-order valence-corrected chi connectivity index (χ1v) is 10.4. The molecule has 6 heteroatoms. The van der Waals surface area contributed by atoms with Crippen LogP contribution in [0.25, 0.3) is 33.3 Å². The molecule has 3 heterocycles. The zero-order valence-electron chi connectivity index (χ0n) is 18.0. The van der Waals surface area contributed by atoms with Crippen molar-refractivity contribution >= 4 is 27.9 Å². The maximum Gasteiger partial charge on any atom is 0.160 e. The Labute approximate surface area is 181 Å². The maximum absolute atomic E-state index is 6.04. The van der Waals surface area contributed by atoms with Crippen LogP contribution in [0.15, 0.2) is 54.6 Å². The molecule has 5 aromatic rings. The van der Waals surface area contributed by atoms with Crippen LogP contribution in [0.5, 0.6) is 0 Å². The third kappa shape index (κ3) is 3.90. The minimum atomic E-state index is 0.475. The Balaban J connectivity index is 1.42. The molecule has 31 heavy (non-hydrogen) atoms. The molecule has 0 saturated heterocycles. The third-order valence-corrected chi connectivity index (χ3v) is 5.59. The molecule has 5 rings (SSSR count). The van der Waals surface area contributed by atoms with E-state index in [2.05, 4.69) is 87.3 Å². The second kappa shape index (κ2) is 7.56. The fourth-order valence-electron chi connectivity index (χ4n) is 4.13. The van der Waals surface area contributed by atoms with Gasteiger partial charge in [0.1, 0.15) is 17.2 Å². The number of benzene rings is 2. The fraction of sp³-hybridized carbons (Fsp3) is 0.200. The molecule has 3 aromatic heterocycles. The number of nitrogens with one attached hydrogen (secondary N) is 2. The normalized spacial score (nSPS) is 11.7. The first kappa shape index (κ1) is 19.3. The number of aromatic nitrogens is 4. The lowest BCUT2D eigenvalue weighted by Gasteiger charge is -2.17. The summed E-state index contributed by atoms with van der Waals surface area (Å²) in [7, 11) is 2.16. The Bertz CT molecular complexity index is 1380. The SMILES string of the molecule is Cc1ccc(CN(C)Cc2ccc3[nH]c(-c4cc(N)nc5[nH]c(C)nc45)cc3c2)cc1. The second-order valence-corrected chi connectivity index (χ2v) is 8.38. The number of hydrogen-bond donors (Lipinski definition) is 3. The summed E-state index contributed by atoms with van der Waals surface area (Å²) < 4.78 is 0. The lowest BCUT2D eigenvalue weighted by Crippen LogP contribution is -2.17. The van der Waals surface area contributed by atoms with Gasteiger partial charge in [0, 0.05) is 35.2 Å². The number of rotatable bonds is 5. The van der Waals surface area contributed by atoms with E-state index in [-0.39, 0.29) is 0 Å². The topological polar surface area (TPSA) is 86.6 Å². The van der Waals surface area contributed by atoms with Crippen molar-refractivity contribution in [2.75, 3.05) is 12.8 Å². The van der Waals surface area contributed by atoms with E-state index < -0.39 is 0 Å². The van der Waals surface area contributed by atoms with Gasteiger partial charge in [-0.05, 0) is 56.3 Å². The highest BCUT2D eigenvalue weighted by Crippen LogP contribution is 2.30. The number of anilines is 1. The van der Waals surface area contributed by atoms with Crippen molar-refractivity contribution in [3.63, 3.8) is 0 Å². The number of hydrogen-bond acceptors (Lipinski definition) is 4. The van der Waals surface area contributed by atoms with E-state index in [0.717, 1.165) is 41.2 Å². The largest absolute Gasteiger partial charge is 0.384 e. The van der Waals surface area contributed by atoms with Crippen LogP contribution in [0.4, 0.5) is 5.82 Å². The molecule has 0 spiro atoms. The van der Waals surface area contributed by atoms with Crippen molar-refractivity contribution in [1.82, 2.24) is 24.8 Å². The van der Waals surface area contributed by atoms with Gasteiger partial charge in [-0.3, -0.25) is 4.90 Å². The monoisotopic (exact) mass is 410 g/mol. The lowest BCUT2D eigenvalue weighted by atomic mass is 10.1. The highest BCUT2D eigenvalue weighted by molar-refractivity contribution is 5.95. The highest BCUT2D eigenvalue weighted by Gasteiger charge is 2.13. The summed E-state index contributed by atoms with van der Waals surface area (Å²) in [5, 5.41) is 1.17. The van der Waals surface area contributed by atoms with Crippen LogP contribution in [-0.2, 0) is 13.1 Å². The Hall–Kier alpha value is -3.64. The number of H-pyrrole nitrogens is 2. The molecule has 6 nitrogen and oxygen atoms in total. The zero-order chi connectivity index (χ0) is 21.5. The van der Waals surface area contributed by atoms with E-state index in [1.54, 1.807) is 0 Å². The average molecular weight is 411 g/mol. The Kier molecular flexibility index (Phi) is 4.71. The van der Waals surface area contributed by atoms with Crippen LogP contribution >= 0.6 is 0 Å². The van der Waals surface area contributed by atoms with Gasteiger partial charge in [-0.25, -0.2) is 9.97 Å². The van der Waals surface area contributed by atoms with Crippen molar-refractivity contribution in [2.24, 2.45) is 0 Å². The summed E-state index contributed by atoms with van der Waals surface area (Å²) in [6.07, 6.45) is 0.